The second-order valence-corrected chi connectivity index (χ2v) is 9.29. The van der Waals surface area contributed by atoms with Gasteiger partial charge in [-0.05, 0) is 48.9 Å². The summed E-state index contributed by atoms with van der Waals surface area (Å²) in [6.07, 6.45) is 0. The molecule has 9 heteroatoms. The molecule has 1 aromatic heterocycles. The van der Waals surface area contributed by atoms with Gasteiger partial charge in [0.2, 0.25) is 10.0 Å². The van der Waals surface area contributed by atoms with Gasteiger partial charge in [-0.15, -0.1) is 0 Å². The number of carbonyl (C=O) groups excluding carboxylic acids is 2. The summed E-state index contributed by atoms with van der Waals surface area (Å²) < 4.78 is 27.8. The Kier molecular flexibility index (Phi) is 6.25. The van der Waals surface area contributed by atoms with Crippen LogP contribution < -0.4 is 15.6 Å². The Bertz CT molecular complexity index is 1430. The number of aromatic amines is 1. The first-order chi connectivity index (χ1) is 15.8. The van der Waals surface area contributed by atoms with Gasteiger partial charge in [0.05, 0.1) is 4.90 Å². The van der Waals surface area contributed by atoms with Gasteiger partial charge in [0.15, 0.2) is 0 Å². The SMILES string of the molecule is Cc1ccc2[nH]c(C(=O)NNC(=O)c3cccc(S(=O)(=O)NCc4ccccc4)c3)cc2c1. The van der Waals surface area contributed by atoms with Crippen molar-refractivity contribution in [3.05, 3.63) is 101 Å². The Morgan fingerprint density at radius 3 is 2.39 bits per heavy atom. The monoisotopic (exact) mass is 462 g/mol. The van der Waals surface area contributed by atoms with E-state index in [-0.39, 0.29) is 22.7 Å². The fraction of sp³-hybridized carbons (Fsp3) is 0.0833. The number of H-pyrrole nitrogens is 1. The van der Waals surface area contributed by atoms with Gasteiger partial charge in [0.1, 0.15) is 5.69 Å². The third kappa shape index (κ3) is 5.28. The molecule has 0 aliphatic rings. The number of aromatic nitrogens is 1. The molecule has 0 saturated heterocycles. The van der Waals surface area contributed by atoms with Gasteiger partial charge in [0.25, 0.3) is 11.8 Å². The second-order valence-electron chi connectivity index (χ2n) is 7.52. The predicted molar refractivity (Wildman–Crippen MR) is 125 cm³/mol. The molecule has 33 heavy (non-hydrogen) atoms. The molecule has 8 nitrogen and oxygen atoms in total. The fourth-order valence-electron chi connectivity index (χ4n) is 3.29. The van der Waals surface area contributed by atoms with Gasteiger partial charge in [0, 0.05) is 23.0 Å². The number of hydrogen-bond acceptors (Lipinski definition) is 4. The van der Waals surface area contributed by atoms with Crippen LogP contribution in [0.25, 0.3) is 10.9 Å². The van der Waals surface area contributed by atoms with E-state index >= 15 is 0 Å². The molecule has 4 N–H and O–H groups in total. The number of aryl methyl sites for hydroxylation is 1. The highest BCUT2D eigenvalue weighted by Crippen LogP contribution is 2.17. The molecule has 0 bridgehead atoms. The average Bonchev–Trinajstić information content (AvgIpc) is 3.25. The molecule has 0 atom stereocenters. The summed E-state index contributed by atoms with van der Waals surface area (Å²) in [5, 5.41) is 0.882. The standard InChI is InChI=1S/C24H22N4O4S/c1-16-10-11-21-19(12-16)14-22(26-21)24(30)28-27-23(29)18-8-5-9-20(13-18)33(31,32)25-15-17-6-3-2-4-7-17/h2-14,25-26H,15H2,1H3,(H,27,29)(H,28,30). The molecule has 0 fully saturated rings. The lowest BCUT2D eigenvalue weighted by molar-refractivity contribution is 0.0844. The largest absolute Gasteiger partial charge is 0.350 e. The average molecular weight is 463 g/mol. The minimum atomic E-state index is -3.83. The molecule has 168 valence electrons. The van der Waals surface area contributed by atoms with Crippen LogP contribution in [0.2, 0.25) is 0 Å². The first-order valence-corrected chi connectivity index (χ1v) is 11.6. The van der Waals surface area contributed by atoms with Crippen LogP contribution in [-0.4, -0.2) is 25.2 Å². The highest BCUT2D eigenvalue weighted by Gasteiger charge is 2.17. The van der Waals surface area contributed by atoms with Crippen molar-refractivity contribution in [2.24, 2.45) is 0 Å². The summed E-state index contributed by atoms with van der Waals surface area (Å²) in [6, 6.07) is 22.1. The van der Waals surface area contributed by atoms with E-state index < -0.39 is 21.8 Å². The zero-order chi connectivity index (χ0) is 23.4. The molecule has 2 amide bonds. The first-order valence-electron chi connectivity index (χ1n) is 10.2. The molecule has 4 rings (SSSR count). The molecule has 0 radical (unpaired) electrons. The van der Waals surface area contributed by atoms with E-state index in [2.05, 4.69) is 20.6 Å². The molecule has 1 heterocycles. The minimum Gasteiger partial charge on any atom is -0.350 e. The third-order valence-electron chi connectivity index (χ3n) is 5.03. The number of rotatable bonds is 6. The maximum absolute atomic E-state index is 12.6. The van der Waals surface area contributed by atoms with Crippen molar-refractivity contribution in [3.8, 4) is 0 Å². The van der Waals surface area contributed by atoms with Gasteiger partial charge in [-0.3, -0.25) is 20.4 Å². The molecule has 0 saturated carbocycles. The number of fused-ring (bicyclic) bond motifs is 1. The maximum atomic E-state index is 12.6. The summed E-state index contributed by atoms with van der Waals surface area (Å²) in [6.45, 7) is 2.08. The van der Waals surface area contributed by atoms with Crippen molar-refractivity contribution < 1.29 is 18.0 Å². The van der Waals surface area contributed by atoms with Crippen molar-refractivity contribution in [1.29, 1.82) is 0 Å². The molecule has 0 unspecified atom stereocenters. The van der Waals surface area contributed by atoms with Gasteiger partial charge in [-0.1, -0.05) is 48.0 Å². The lowest BCUT2D eigenvalue weighted by Gasteiger charge is -2.10. The molecular weight excluding hydrogens is 440 g/mol. The molecule has 0 aliphatic carbocycles. The zero-order valence-corrected chi connectivity index (χ0v) is 18.6. The Hall–Kier alpha value is -3.95. The molecule has 3 aromatic carbocycles. The third-order valence-corrected chi connectivity index (χ3v) is 6.43. The lowest BCUT2D eigenvalue weighted by Crippen LogP contribution is -2.41. The van der Waals surface area contributed by atoms with Gasteiger partial charge in [-0.25, -0.2) is 13.1 Å². The highest BCUT2D eigenvalue weighted by atomic mass is 32.2. The van der Waals surface area contributed by atoms with Crippen molar-refractivity contribution in [1.82, 2.24) is 20.6 Å². The van der Waals surface area contributed by atoms with Crippen molar-refractivity contribution in [2.75, 3.05) is 0 Å². The first kappa shape index (κ1) is 22.3. The summed E-state index contributed by atoms with van der Waals surface area (Å²) in [5.74, 6) is -1.17. The van der Waals surface area contributed by atoms with E-state index in [4.69, 9.17) is 0 Å². The summed E-state index contributed by atoms with van der Waals surface area (Å²) >= 11 is 0. The number of carbonyl (C=O) groups is 2. The van der Waals surface area contributed by atoms with E-state index in [0.29, 0.717) is 0 Å². The number of hydrazine groups is 1. The molecule has 0 aliphatic heterocycles. The number of hydrogen-bond donors (Lipinski definition) is 4. The Balaban J connectivity index is 1.41. The van der Waals surface area contributed by atoms with Crippen LogP contribution in [0.15, 0.2) is 83.8 Å². The lowest BCUT2D eigenvalue weighted by atomic mass is 10.2. The Morgan fingerprint density at radius 1 is 0.848 bits per heavy atom. The van der Waals surface area contributed by atoms with E-state index in [1.807, 2.05) is 55.5 Å². The normalized spacial score (nSPS) is 11.3. The summed E-state index contributed by atoms with van der Waals surface area (Å²) in [4.78, 5) is 27.9. The van der Waals surface area contributed by atoms with E-state index in [0.717, 1.165) is 22.0 Å². The highest BCUT2D eigenvalue weighted by molar-refractivity contribution is 7.89. The smallest absolute Gasteiger partial charge is 0.286 e. The van der Waals surface area contributed by atoms with E-state index in [9.17, 15) is 18.0 Å². The molecule has 4 aromatic rings. The van der Waals surface area contributed by atoms with Crippen molar-refractivity contribution in [2.45, 2.75) is 18.4 Å². The van der Waals surface area contributed by atoms with Crippen LogP contribution in [0.1, 0.15) is 32.0 Å². The number of benzene rings is 3. The maximum Gasteiger partial charge on any atom is 0.286 e. The van der Waals surface area contributed by atoms with Crippen LogP contribution in [0.4, 0.5) is 0 Å². The quantitative estimate of drug-likeness (QED) is 0.329. The second kappa shape index (κ2) is 9.27. The summed E-state index contributed by atoms with van der Waals surface area (Å²) in [5.41, 5.74) is 7.71. The summed E-state index contributed by atoms with van der Waals surface area (Å²) in [7, 11) is -3.83. The Morgan fingerprint density at radius 2 is 1.61 bits per heavy atom. The number of amides is 2. The number of nitrogens with one attached hydrogen (secondary N) is 4. The topological polar surface area (TPSA) is 120 Å². The van der Waals surface area contributed by atoms with Crippen molar-refractivity contribution >= 4 is 32.7 Å². The fourth-order valence-corrected chi connectivity index (χ4v) is 4.35. The molecule has 0 spiro atoms. The van der Waals surface area contributed by atoms with Crippen LogP contribution in [-0.2, 0) is 16.6 Å². The van der Waals surface area contributed by atoms with Gasteiger partial charge >= 0.3 is 0 Å². The van der Waals surface area contributed by atoms with E-state index in [1.165, 1.54) is 24.3 Å². The predicted octanol–water partition coefficient (Wildman–Crippen LogP) is 3.03. The number of sulfonamides is 1. The van der Waals surface area contributed by atoms with E-state index in [1.54, 1.807) is 6.07 Å². The van der Waals surface area contributed by atoms with Crippen LogP contribution in [0.5, 0.6) is 0 Å². The molecular formula is C24H22N4O4S. The van der Waals surface area contributed by atoms with Gasteiger partial charge in [-0.2, -0.15) is 0 Å². The van der Waals surface area contributed by atoms with Crippen LogP contribution in [0.3, 0.4) is 0 Å². The minimum absolute atomic E-state index is 0.0524. The van der Waals surface area contributed by atoms with Crippen LogP contribution >= 0.6 is 0 Å². The van der Waals surface area contributed by atoms with Crippen molar-refractivity contribution in [3.63, 3.8) is 0 Å². The van der Waals surface area contributed by atoms with Crippen LogP contribution in [0, 0.1) is 6.92 Å². The Labute approximate surface area is 191 Å². The zero-order valence-electron chi connectivity index (χ0n) is 17.8. The van der Waals surface area contributed by atoms with Gasteiger partial charge < -0.3 is 4.98 Å².